The molecule has 0 saturated carbocycles. The van der Waals surface area contributed by atoms with E-state index in [0.717, 1.165) is 25.7 Å². The standard InChI is InChI=1S/C19H29N3O3/c1-5-17(19(24)22-25)11-8-12-18(23)21-20-14-13-16(4)10-7-6-9-15(2)3/h5,8-9,11-12,14,16,25H,1,6-7,10,13H2,2-4H3,(H,21,23)(H,22,24)/b12-8+,17-11+,20-14+/t16-/m0/s1. The molecule has 0 spiro atoms. The quantitative estimate of drug-likeness (QED) is 0.102. The first-order valence-corrected chi connectivity index (χ1v) is 8.30. The summed E-state index contributed by atoms with van der Waals surface area (Å²) < 4.78 is 0. The number of hydrogen-bond acceptors (Lipinski definition) is 4. The molecule has 0 aliphatic heterocycles. The molecule has 1 atom stereocenters. The van der Waals surface area contributed by atoms with E-state index in [1.165, 1.54) is 35.4 Å². The van der Waals surface area contributed by atoms with Crippen molar-refractivity contribution in [3.05, 3.63) is 48.1 Å². The molecule has 3 N–H and O–H groups in total. The summed E-state index contributed by atoms with van der Waals surface area (Å²) in [4.78, 5) is 22.7. The fourth-order valence-electron chi connectivity index (χ4n) is 1.89. The Bertz CT molecular complexity index is 556. The molecule has 0 heterocycles. The summed E-state index contributed by atoms with van der Waals surface area (Å²) in [6.45, 7) is 9.80. The highest BCUT2D eigenvalue weighted by Gasteiger charge is 2.02. The molecule has 2 amide bonds. The van der Waals surface area contributed by atoms with E-state index >= 15 is 0 Å². The highest BCUT2D eigenvalue weighted by atomic mass is 16.5. The van der Waals surface area contributed by atoms with Crippen LogP contribution in [0.5, 0.6) is 0 Å². The summed E-state index contributed by atoms with van der Waals surface area (Å²) >= 11 is 0. The van der Waals surface area contributed by atoms with Crippen molar-refractivity contribution in [1.29, 1.82) is 0 Å². The number of rotatable bonds is 11. The Kier molecular flexibility index (Phi) is 12.5. The van der Waals surface area contributed by atoms with E-state index in [4.69, 9.17) is 5.21 Å². The van der Waals surface area contributed by atoms with E-state index in [0.29, 0.717) is 5.92 Å². The van der Waals surface area contributed by atoms with Crippen LogP contribution >= 0.6 is 0 Å². The maximum Gasteiger partial charge on any atom is 0.274 e. The van der Waals surface area contributed by atoms with E-state index in [-0.39, 0.29) is 5.57 Å². The number of carbonyl (C=O) groups is 2. The zero-order valence-corrected chi connectivity index (χ0v) is 15.3. The Balaban J connectivity index is 4.12. The minimum Gasteiger partial charge on any atom is -0.288 e. The molecule has 0 radical (unpaired) electrons. The van der Waals surface area contributed by atoms with Gasteiger partial charge in [-0.15, -0.1) is 0 Å². The predicted octanol–water partition coefficient (Wildman–Crippen LogP) is 3.43. The topological polar surface area (TPSA) is 90.8 Å². The zero-order chi connectivity index (χ0) is 19.1. The molecule has 0 aliphatic carbocycles. The number of allylic oxidation sites excluding steroid dienone is 4. The number of carbonyl (C=O) groups excluding carboxylic acids is 2. The number of hydrogen-bond donors (Lipinski definition) is 3. The number of hydroxylamine groups is 1. The predicted molar refractivity (Wildman–Crippen MR) is 101 cm³/mol. The first kappa shape index (κ1) is 22.5. The maximum absolute atomic E-state index is 11.5. The molecular formula is C19H29N3O3. The van der Waals surface area contributed by atoms with Crippen LogP contribution in [0.1, 0.15) is 46.5 Å². The number of amides is 2. The fraction of sp³-hybridized carbons (Fsp3) is 0.421. The number of unbranched alkanes of at least 4 members (excludes halogenated alkanes) is 1. The van der Waals surface area contributed by atoms with Gasteiger partial charge >= 0.3 is 0 Å². The second-order valence-corrected chi connectivity index (χ2v) is 5.97. The van der Waals surface area contributed by atoms with Crippen LogP contribution < -0.4 is 10.9 Å². The summed E-state index contributed by atoms with van der Waals surface area (Å²) in [5, 5.41) is 12.4. The Morgan fingerprint density at radius 1 is 1.32 bits per heavy atom. The lowest BCUT2D eigenvalue weighted by Gasteiger charge is -2.06. The summed E-state index contributed by atoms with van der Waals surface area (Å²) in [6, 6.07) is 0. The van der Waals surface area contributed by atoms with Crippen molar-refractivity contribution >= 4 is 18.0 Å². The second-order valence-electron chi connectivity index (χ2n) is 5.97. The molecule has 138 valence electrons. The van der Waals surface area contributed by atoms with E-state index < -0.39 is 11.8 Å². The third-order valence-electron chi connectivity index (χ3n) is 3.33. The van der Waals surface area contributed by atoms with Crippen molar-refractivity contribution in [3.8, 4) is 0 Å². The molecule has 0 aliphatic rings. The highest BCUT2D eigenvalue weighted by Crippen LogP contribution is 2.11. The Morgan fingerprint density at radius 2 is 2.04 bits per heavy atom. The van der Waals surface area contributed by atoms with Gasteiger partial charge in [-0.25, -0.2) is 10.9 Å². The monoisotopic (exact) mass is 347 g/mol. The van der Waals surface area contributed by atoms with Crippen LogP contribution in [0.4, 0.5) is 0 Å². The molecule has 0 rings (SSSR count). The van der Waals surface area contributed by atoms with Gasteiger partial charge in [0, 0.05) is 17.9 Å². The van der Waals surface area contributed by atoms with Crippen LogP contribution in [0, 0.1) is 5.92 Å². The molecular weight excluding hydrogens is 318 g/mol. The van der Waals surface area contributed by atoms with Crippen molar-refractivity contribution in [3.63, 3.8) is 0 Å². The lowest BCUT2D eigenvalue weighted by Crippen LogP contribution is -2.19. The van der Waals surface area contributed by atoms with Gasteiger partial charge < -0.3 is 0 Å². The number of nitrogens with one attached hydrogen (secondary N) is 2. The van der Waals surface area contributed by atoms with Crippen LogP contribution in [-0.2, 0) is 9.59 Å². The molecule has 0 unspecified atom stereocenters. The maximum atomic E-state index is 11.5. The highest BCUT2D eigenvalue weighted by molar-refractivity contribution is 5.96. The zero-order valence-electron chi connectivity index (χ0n) is 15.3. The Morgan fingerprint density at radius 3 is 2.64 bits per heavy atom. The number of hydrazone groups is 1. The first-order valence-electron chi connectivity index (χ1n) is 8.30. The molecule has 0 aromatic heterocycles. The van der Waals surface area contributed by atoms with E-state index in [1.54, 1.807) is 6.21 Å². The third kappa shape index (κ3) is 12.6. The van der Waals surface area contributed by atoms with Gasteiger partial charge in [-0.3, -0.25) is 14.8 Å². The molecule has 0 aromatic rings. The van der Waals surface area contributed by atoms with Crippen LogP contribution in [-0.4, -0.2) is 23.2 Å². The van der Waals surface area contributed by atoms with Crippen LogP contribution in [0.3, 0.4) is 0 Å². The van der Waals surface area contributed by atoms with Gasteiger partial charge in [-0.2, -0.15) is 5.10 Å². The van der Waals surface area contributed by atoms with E-state index in [1.807, 2.05) is 0 Å². The summed E-state index contributed by atoms with van der Waals surface area (Å²) in [6.07, 6.45) is 13.3. The van der Waals surface area contributed by atoms with Crippen molar-refractivity contribution < 1.29 is 14.8 Å². The Labute approximate surface area is 150 Å². The van der Waals surface area contributed by atoms with Gasteiger partial charge in [0.1, 0.15) is 0 Å². The van der Waals surface area contributed by atoms with Crippen molar-refractivity contribution in [2.24, 2.45) is 11.0 Å². The molecule has 0 aromatic carbocycles. The lowest BCUT2D eigenvalue weighted by atomic mass is 10.0. The van der Waals surface area contributed by atoms with Crippen LogP contribution in [0.25, 0.3) is 0 Å². The molecule has 0 saturated heterocycles. The average Bonchev–Trinajstić information content (AvgIpc) is 2.58. The molecule has 0 bridgehead atoms. The molecule has 25 heavy (non-hydrogen) atoms. The van der Waals surface area contributed by atoms with Crippen molar-refractivity contribution in [2.45, 2.75) is 46.5 Å². The largest absolute Gasteiger partial charge is 0.288 e. The molecule has 0 fully saturated rings. The first-order chi connectivity index (χ1) is 11.9. The summed E-state index contributed by atoms with van der Waals surface area (Å²) in [7, 11) is 0. The van der Waals surface area contributed by atoms with Crippen molar-refractivity contribution in [1.82, 2.24) is 10.9 Å². The normalized spacial score (nSPS) is 12.9. The minimum atomic E-state index is -0.698. The van der Waals surface area contributed by atoms with Crippen LogP contribution in [0.15, 0.2) is 53.2 Å². The third-order valence-corrected chi connectivity index (χ3v) is 3.33. The van der Waals surface area contributed by atoms with Gasteiger partial charge in [-0.1, -0.05) is 43.7 Å². The van der Waals surface area contributed by atoms with Crippen LogP contribution in [0.2, 0.25) is 0 Å². The van der Waals surface area contributed by atoms with Gasteiger partial charge in [0.05, 0.1) is 0 Å². The fourth-order valence-corrected chi connectivity index (χ4v) is 1.89. The second kappa shape index (κ2) is 13.9. The van der Waals surface area contributed by atoms with E-state index in [2.05, 4.69) is 44.0 Å². The molecule has 6 nitrogen and oxygen atoms in total. The number of nitrogens with zero attached hydrogens (tertiary/aromatic N) is 1. The molecule has 6 heteroatoms. The van der Waals surface area contributed by atoms with Gasteiger partial charge in [0.2, 0.25) is 0 Å². The SMILES string of the molecule is C=C/C(=C\C=C\C(=O)N/N=C/C[C@@H](C)CCCC=C(C)C)C(=O)NO. The van der Waals surface area contributed by atoms with E-state index in [9.17, 15) is 9.59 Å². The summed E-state index contributed by atoms with van der Waals surface area (Å²) in [5.41, 5.74) is 5.36. The lowest BCUT2D eigenvalue weighted by molar-refractivity contribution is -0.125. The van der Waals surface area contributed by atoms with Gasteiger partial charge in [0.25, 0.3) is 11.8 Å². The Hall–Kier alpha value is -2.47. The smallest absolute Gasteiger partial charge is 0.274 e. The van der Waals surface area contributed by atoms with Gasteiger partial charge in [-0.05, 0) is 45.1 Å². The van der Waals surface area contributed by atoms with Gasteiger partial charge in [0.15, 0.2) is 0 Å². The average molecular weight is 347 g/mol. The summed E-state index contributed by atoms with van der Waals surface area (Å²) in [5.74, 6) is -0.593. The van der Waals surface area contributed by atoms with Crippen molar-refractivity contribution in [2.75, 3.05) is 0 Å². The minimum absolute atomic E-state index is 0.136.